The van der Waals surface area contributed by atoms with Gasteiger partial charge in [0.25, 0.3) is 11.6 Å². The highest BCUT2D eigenvalue weighted by molar-refractivity contribution is 9.10. The SMILES string of the molecule is Cc1cc(C(=O)NCc2cccc([N+](=O)[O-])c2)ccc1Br. The molecule has 0 aliphatic heterocycles. The molecule has 21 heavy (non-hydrogen) atoms. The number of amides is 1. The number of rotatable bonds is 4. The van der Waals surface area contributed by atoms with Crippen LogP contribution >= 0.6 is 15.9 Å². The standard InChI is InChI=1S/C15H13BrN2O3/c1-10-7-12(5-6-14(10)16)15(19)17-9-11-3-2-4-13(8-11)18(20)21/h2-8H,9H2,1H3,(H,17,19). The second kappa shape index (κ2) is 6.49. The summed E-state index contributed by atoms with van der Waals surface area (Å²) in [5, 5.41) is 13.4. The number of hydrogen-bond donors (Lipinski definition) is 1. The number of benzene rings is 2. The molecule has 0 spiro atoms. The van der Waals surface area contributed by atoms with E-state index in [1.807, 2.05) is 13.0 Å². The van der Waals surface area contributed by atoms with E-state index in [-0.39, 0.29) is 18.1 Å². The monoisotopic (exact) mass is 348 g/mol. The van der Waals surface area contributed by atoms with E-state index in [2.05, 4.69) is 21.2 Å². The Kier molecular flexibility index (Phi) is 4.70. The number of non-ortho nitro benzene ring substituents is 1. The highest BCUT2D eigenvalue weighted by Gasteiger charge is 2.09. The lowest BCUT2D eigenvalue weighted by Crippen LogP contribution is -2.22. The zero-order valence-electron chi connectivity index (χ0n) is 11.3. The Balaban J connectivity index is 2.05. The van der Waals surface area contributed by atoms with Gasteiger partial charge in [-0.25, -0.2) is 0 Å². The van der Waals surface area contributed by atoms with Crippen LogP contribution in [0.1, 0.15) is 21.5 Å². The third-order valence-electron chi connectivity index (χ3n) is 2.99. The van der Waals surface area contributed by atoms with Crippen molar-refractivity contribution in [2.75, 3.05) is 0 Å². The summed E-state index contributed by atoms with van der Waals surface area (Å²) in [5.41, 5.74) is 2.23. The molecule has 0 radical (unpaired) electrons. The first-order valence-electron chi connectivity index (χ1n) is 6.25. The molecule has 0 bridgehead atoms. The Morgan fingerprint density at radius 2 is 2.05 bits per heavy atom. The molecule has 0 aromatic heterocycles. The maximum atomic E-state index is 12.0. The Hall–Kier alpha value is -2.21. The molecule has 2 rings (SSSR count). The summed E-state index contributed by atoms with van der Waals surface area (Å²) in [5.74, 6) is -0.211. The number of halogens is 1. The summed E-state index contributed by atoms with van der Waals surface area (Å²) in [6, 6.07) is 11.5. The van der Waals surface area contributed by atoms with Gasteiger partial charge in [-0.1, -0.05) is 28.1 Å². The van der Waals surface area contributed by atoms with Crippen molar-refractivity contribution in [1.29, 1.82) is 0 Å². The van der Waals surface area contributed by atoms with E-state index in [9.17, 15) is 14.9 Å². The van der Waals surface area contributed by atoms with Crippen LogP contribution in [0, 0.1) is 17.0 Å². The van der Waals surface area contributed by atoms with Crippen molar-refractivity contribution in [3.8, 4) is 0 Å². The second-order valence-corrected chi connectivity index (χ2v) is 5.43. The van der Waals surface area contributed by atoms with Gasteiger partial charge in [-0.3, -0.25) is 14.9 Å². The van der Waals surface area contributed by atoms with E-state index >= 15 is 0 Å². The minimum absolute atomic E-state index is 0.0150. The molecule has 0 unspecified atom stereocenters. The van der Waals surface area contributed by atoms with Gasteiger partial charge in [-0.2, -0.15) is 0 Å². The molecule has 1 N–H and O–H groups in total. The maximum Gasteiger partial charge on any atom is 0.269 e. The molecule has 0 atom stereocenters. The van der Waals surface area contributed by atoms with Gasteiger partial charge in [0.1, 0.15) is 0 Å². The van der Waals surface area contributed by atoms with Crippen molar-refractivity contribution in [3.05, 3.63) is 73.7 Å². The molecule has 2 aromatic rings. The Morgan fingerprint density at radius 1 is 1.29 bits per heavy atom. The first-order chi connectivity index (χ1) is 9.97. The summed E-state index contributed by atoms with van der Waals surface area (Å²) in [4.78, 5) is 22.3. The van der Waals surface area contributed by atoms with Gasteiger partial charge in [0.15, 0.2) is 0 Å². The van der Waals surface area contributed by atoms with E-state index in [0.29, 0.717) is 11.1 Å². The fraction of sp³-hybridized carbons (Fsp3) is 0.133. The first kappa shape index (κ1) is 15.2. The van der Waals surface area contributed by atoms with Crippen molar-refractivity contribution in [2.45, 2.75) is 13.5 Å². The van der Waals surface area contributed by atoms with E-state index in [1.54, 1.807) is 24.3 Å². The van der Waals surface area contributed by atoms with Crippen LogP contribution in [0.25, 0.3) is 0 Å². The number of aryl methyl sites for hydroxylation is 1. The van der Waals surface area contributed by atoms with Crippen LogP contribution in [-0.2, 0) is 6.54 Å². The minimum Gasteiger partial charge on any atom is -0.348 e. The van der Waals surface area contributed by atoms with Crippen LogP contribution in [-0.4, -0.2) is 10.8 Å². The second-order valence-electron chi connectivity index (χ2n) is 4.57. The summed E-state index contributed by atoms with van der Waals surface area (Å²) in [6.07, 6.45) is 0. The molecule has 0 heterocycles. The number of hydrogen-bond acceptors (Lipinski definition) is 3. The molecule has 0 fully saturated rings. The van der Waals surface area contributed by atoms with Gasteiger partial charge in [-0.15, -0.1) is 0 Å². The van der Waals surface area contributed by atoms with Crippen LogP contribution in [0.5, 0.6) is 0 Å². The summed E-state index contributed by atoms with van der Waals surface area (Å²) < 4.78 is 0.942. The van der Waals surface area contributed by atoms with E-state index in [4.69, 9.17) is 0 Å². The van der Waals surface area contributed by atoms with Crippen LogP contribution in [0.3, 0.4) is 0 Å². The molecule has 5 nitrogen and oxygen atoms in total. The molecule has 2 aromatic carbocycles. The largest absolute Gasteiger partial charge is 0.348 e. The smallest absolute Gasteiger partial charge is 0.269 e. The van der Waals surface area contributed by atoms with Crippen molar-refractivity contribution >= 4 is 27.5 Å². The molecule has 6 heteroatoms. The van der Waals surface area contributed by atoms with Crippen molar-refractivity contribution < 1.29 is 9.72 Å². The molecule has 0 saturated carbocycles. The molecule has 0 aliphatic rings. The molecule has 0 aliphatic carbocycles. The minimum atomic E-state index is -0.455. The van der Waals surface area contributed by atoms with Gasteiger partial charge in [0.2, 0.25) is 0 Å². The normalized spacial score (nSPS) is 10.2. The Morgan fingerprint density at radius 3 is 2.71 bits per heavy atom. The van der Waals surface area contributed by atoms with Crippen molar-refractivity contribution in [2.24, 2.45) is 0 Å². The maximum absolute atomic E-state index is 12.0. The van der Waals surface area contributed by atoms with Gasteiger partial charge >= 0.3 is 0 Å². The van der Waals surface area contributed by atoms with Gasteiger partial charge in [0.05, 0.1) is 4.92 Å². The van der Waals surface area contributed by atoms with Crippen molar-refractivity contribution in [1.82, 2.24) is 5.32 Å². The number of nitro groups is 1. The predicted molar refractivity (Wildman–Crippen MR) is 83.1 cm³/mol. The summed E-state index contributed by atoms with van der Waals surface area (Å²) >= 11 is 3.38. The lowest BCUT2D eigenvalue weighted by atomic mass is 10.1. The van der Waals surface area contributed by atoms with Crippen LogP contribution in [0.2, 0.25) is 0 Å². The quantitative estimate of drug-likeness (QED) is 0.677. The van der Waals surface area contributed by atoms with Gasteiger partial charge < -0.3 is 5.32 Å². The number of carbonyl (C=O) groups is 1. The fourth-order valence-corrected chi connectivity index (χ4v) is 2.10. The molecule has 0 saturated heterocycles. The number of nitrogens with zero attached hydrogens (tertiary/aromatic N) is 1. The Bertz CT molecular complexity index is 701. The van der Waals surface area contributed by atoms with E-state index in [1.165, 1.54) is 12.1 Å². The third-order valence-corrected chi connectivity index (χ3v) is 3.88. The topological polar surface area (TPSA) is 72.2 Å². The lowest BCUT2D eigenvalue weighted by molar-refractivity contribution is -0.384. The third kappa shape index (κ3) is 3.88. The first-order valence-corrected chi connectivity index (χ1v) is 7.04. The number of nitrogens with one attached hydrogen (secondary N) is 1. The molecular weight excluding hydrogens is 336 g/mol. The van der Waals surface area contributed by atoms with Crippen LogP contribution in [0.15, 0.2) is 46.9 Å². The van der Waals surface area contributed by atoms with Crippen LogP contribution in [0.4, 0.5) is 5.69 Å². The molecular formula is C15H13BrN2O3. The number of carbonyl (C=O) groups excluding carboxylic acids is 1. The molecule has 108 valence electrons. The zero-order valence-corrected chi connectivity index (χ0v) is 12.9. The summed E-state index contributed by atoms with van der Waals surface area (Å²) in [7, 11) is 0. The lowest BCUT2D eigenvalue weighted by Gasteiger charge is -2.07. The average Bonchev–Trinajstić information content (AvgIpc) is 2.48. The van der Waals surface area contributed by atoms with Crippen LogP contribution < -0.4 is 5.32 Å². The van der Waals surface area contributed by atoms with Crippen molar-refractivity contribution in [3.63, 3.8) is 0 Å². The van der Waals surface area contributed by atoms with Gasteiger partial charge in [-0.05, 0) is 36.2 Å². The van der Waals surface area contributed by atoms with E-state index in [0.717, 1.165) is 10.0 Å². The predicted octanol–water partition coefficient (Wildman–Crippen LogP) is 3.60. The number of nitro benzene ring substituents is 1. The summed E-state index contributed by atoms with van der Waals surface area (Å²) in [6.45, 7) is 2.15. The van der Waals surface area contributed by atoms with Gasteiger partial charge in [0, 0.05) is 28.7 Å². The zero-order chi connectivity index (χ0) is 15.4. The Labute approximate surface area is 130 Å². The van der Waals surface area contributed by atoms with E-state index < -0.39 is 4.92 Å². The highest BCUT2D eigenvalue weighted by atomic mass is 79.9. The average molecular weight is 349 g/mol. The fourth-order valence-electron chi connectivity index (χ4n) is 1.85. The molecule has 1 amide bonds. The highest BCUT2D eigenvalue weighted by Crippen LogP contribution is 2.17.